The Hall–Kier alpha value is -0.890. The molecule has 0 radical (unpaired) electrons. The fourth-order valence-electron chi connectivity index (χ4n) is 7.87. The lowest BCUT2D eigenvalue weighted by Crippen LogP contribution is -2.35. The highest BCUT2D eigenvalue weighted by Gasteiger charge is 2.29. The smallest absolute Gasteiger partial charge is 0.306 e. The van der Waals surface area contributed by atoms with E-state index in [9.17, 15) is 4.79 Å². The van der Waals surface area contributed by atoms with E-state index in [4.69, 9.17) is 47.4 Å². The third-order valence-electron chi connectivity index (χ3n) is 13.5. The number of unbranched alkanes of at least 4 members (excludes halogenated alkanes) is 5. The molecule has 0 aromatic heterocycles. The summed E-state index contributed by atoms with van der Waals surface area (Å²) in [6, 6.07) is 0. The van der Waals surface area contributed by atoms with E-state index < -0.39 is 0 Å². The molecule has 0 bridgehead atoms. The van der Waals surface area contributed by atoms with E-state index >= 15 is 0 Å². The van der Waals surface area contributed by atoms with Gasteiger partial charge >= 0.3 is 5.97 Å². The maximum atomic E-state index is 11.3. The van der Waals surface area contributed by atoms with Gasteiger partial charge in [-0.05, 0) is 318 Å². The molecular weight excluding hydrogens is 1210 g/mol. The summed E-state index contributed by atoms with van der Waals surface area (Å²) in [5.41, 5.74) is 1.26. The number of hydrogen-bond acceptors (Lipinski definition) is 11. The molecule has 0 N–H and O–H groups in total. The second-order valence-electron chi connectivity index (χ2n) is 42.6. The Morgan fingerprint density at radius 2 is 0.495 bits per heavy atom. The first-order chi connectivity index (χ1) is 42.4. The standard InChI is InChI=1S/C15H32O.C13H28O2.C13H28O.C12H26O2.C12H26O.C11H24O2.C10H20O2/c1-13(2,3)9-10-15(7,8)11-12-16-14(4,5)6;1-12(2,3)14-10-8-7-9-11-15-13(4,5)6;1-12(2,3)10-8-7-9-11-14-13(4,5)6;1-11(2,3)13-9-7-8-10-14-12(4,5)6;1-9(11(3,4)5)10(2)13-12(6,7)8;1-10(2,3)12-8-7-9-13-11(4,5)6;1-9(2,3)7-8(11)12-10(4,5)6/h9-12H2,1-8H3;7-11H2,1-6H3;7-11H2,1-6H3;7-10H2,1-6H3;9-10H,1-8H3;7-9H2,1-6H3;7H2,1-6H3. The molecule has 11 heteroatoms. The minimum atomic E-state index is -0.359. The average molecular weight is 1390 g/mol. The summed E-state index contributed by atoms with van der Waals surface area (Å²) in [5, 5.41) is 0. The number of carbonyl (C=O) groups excluding carboxylic acids is 1. The van der Waals surface area contributed by atoms with Crippen LogP contribution in [0, 0.1) is 33.0 Å². The molecule has 0 saturated heterocycles. The van der Waals surface area contributed by atoms with Crippen molar-refractivity contribution in [3.8, 4) is 0 Å². The van der Waals surface area contributed by atoms with Gasteiger partial charge in [0.2, 0.25) is 0 Å². The Balaban J connectivity index is -0.000000195. The fourth-order valence-corrected chi connectivity index (χ4v) is 7.87. The molecule has 2 unspecified atom stereocenters. The van der Waals surface area contributed by atoms with Gasteiger partial charge in [-0.15, -0.1) is 0 Å². The van der Waals surface area contributed by atoms with Crippen molar-refractivity contribution in [1.29, 1.82) is 0 Å². The van der Waals surface area contributed by atoms with Gasteiger partial charge in [0, 0.05) is 52.9 Å². The van der Waals surface area contributed by atoms with E-state index in [1.807, 2.05) is 41.5 Å². The van der Waals surface area contributed by atoms with Crippen molar-refractivity contribution in [2.75, 3.05) is 52.9 Å². The highest BCUT2D eigenvalue weighted by Crippen LogP contribution is 2.34. The van der Waals surface area contributed by atoms with Gasteiger partial charge in [0.1, 0.15) is 5.60 Å². The van der Waals surface area contributed by atoms with Crippen molar-refractivity contribution in [2.24, 2.45) is 33.0 Å². The second kappa shape index (κ2) is 49.8. The van der Waals surface area contributed by atoms with Crippen LogP contribution in [0.4, 0.5) is 0 Å². The molecule has 0 aliphatic heterocycles. The molecule has 0 rings (SSSR count). The second-order valence-corrected chi connectivity index (χ2v) is 42.6. The van der Waals surface area contributed by atoms with Gasteiger partial charge in [-0.1, -0.05) is 117 Å². The molecule has 0 amide bonds. The predicted octanol–water partition coefficient (Wildman–Crippen LogP) is 26.3. The molecule has 0 aromatic carbocycles. The van der Waals surface area contributed by atoms with Crippen LogP contribution in [0.5, 0.6) is 0 Å². The van der Waals surface area contributed by atoms with Crippen molar-refractivity contribution in [2.45, 2.75) is 470 Å². The predicted molar refractivity (Wildman–Crippen MR) is 427 cm³/mol. The number of hydrogen-bond donors (Lipinski definition) is 0. The number of esters is 1. The first-order valence-corrected chi connectivity index (χ1v) is 38.4. The van der Waals surface area contributed by atoms with Crippen molar-refractivity contribution in [3.05, 3.63) is 0 Å². The summed E-state index contributed by atoms with van der Waals surface area (Å²) in [7, 11) is 0. The normalized spacial score (nSPS) is 14.1. The Kier molecular flexibility index (Phi) is 56.2. The number of rotatable bonds is 28. The summed E-state index contributed by atoms with van der Waals surface area (Å²) in [5.74, 6) is 0.460. The van der Waals surface area contributed by atoms with E-state index in [0.717, 1.165) is 91.4 Å². The van der Waals surface area contributed by atoms with E-state index in [2.05, 4.69) is 277 Å². The fraction of sp³-hybridized carbons (Fsp3) is 0.988. The van der Waals surface area contributed by atoms with Gasteiger partial charge in [-0.2, -0.15) is 0 Å². The molecule has 0 aliphatic rings. The van der Waals surface area contributed by atoms with Crippen LogP contribution in [0.15, 0.2) is 0 Å². The Morgan fingerprint density at radius 1 is 0.247 bits per heavy atom. The highest BCUT2D eigenvalue weighted by atomic mass is 16.6. The third-order valence-corrected chi connectivity index (χ3v) is 13.5. The van der Waals surface area contributed by atoms with Crippen LogP contribution in [0.3, 0.4) is 0 Å². The van der Waals surface area contributed by atoms with Crippen LogP contribution in [0.2, 0.25) is 0 Å². The number of carbonyl (C=O) groups is 1. The minimum Gasteiger partial charge on any atom is -0.460 e. The quantitative estimate of drug-likeness (QED) is 0.0552. The van der Waals surface area contributed by atoms with Gasteiger partial charge in [0.25, 0.3) is 0 Å². The molecule has 11 nitrogen and oxygen atoms in total. The SMILES string of the molecule is CC(C)(C)CC(=O)OC(C)(C)C.CC(C)(C)CCC(C)(C)CCOC(C)(C)C.CC(C)(C)CCCCCOC(C)(C)C.CC(C)(C)OCCCCCOC(C)(C)C.CC(C)(C)OCCCCOC(C)(C)C.CC(C)(C)OCCCOC(C)(C)C.CC(OC(C)(C)C)C(C)C(C)(C)C. The molecule has 594 valence electrons. The number of ether oxygens (including phenoxy) is 10. The summed E-state index contributed by atoms with van der Waals surface area (Å²) < 4.78 is 56.2. The summed E-state index contributed by atoms with van der Waals surface area (Å²) in [6.45, 7) is 105. The van der Waals surface area contributed by atoms with Crippen LogP contribution < -0.4 is 0 Å². The zero-order valence-corrected chi connectivity index (χ0v) is 75.2. The Bertz CT molecular complexity index is 1680. The van der Waals surface area contributed by atoms with Crippen molar-refractivity contribution in [1.82, 2.24) is 0 Å². The van der Waals surface area contributed by atoms with Crippen LogP contribution in [0.1, 0.15) is 408 Å². The lowest BCUT2D eigenvalue weighted by molar-refractivity contribution is -0.157. The van der Waals surface area contributed by atoms with Crippen LogP contribution in [-0.2, 0) is 52.2 Å². The van der Waals surface area contributed by atoms with Gasteiger partial charge in [-0.3, -0.25) is 4.79 Å². The van der Waals surface area contributed by atoms with Crippen LogP contribution in [0.25, 0.3) is 0 Å². The zero-order chi connectivity index (χ0) is 78.9. The molecule has 2 atom stereocenters. The molecule has 0 aliphatic carbocycles. The summed E-state index contributed by atoms with van der Waals surface area (Å²) in [6.07, 6.45) is 16.2. The third kappa shape index (κ3) is 119. The first kappa shape index (κ1) is 109. The summed E-state index contributed by atoms with van der Waals surface area (Å²) in [4.78, 5) is 11.3. The molecule has 0 aromatic rings. The van der Waals surface area contributed by atoms with Gasteiger partial charge in [-0.25, -0.2) is 0 Å². The van der Waals surface area contributed by atoms with Gasteiger partial charge in [0.05, 0.1) is 62.9 Å². The van der Waals surface area contributed by atoms with E-state index in [-0.39, 0.29) is 67.4 Å². The van der Waals surface area contributed by atoms with Crippen LogP contribution in [-0.4, -0.2) is 121 Å². The largest absolute Gasteiger partial charge is 0.460 e. The monoisotopic (exact) mass is 1390 g/mol. The Labute approximate surface area is 611 Å². The lowest BCUT2D eigenvalue weighted by Gasteiger charge is -2.36. The van der Waals surface area contributed by atoms with Gasteiger partial charge in [0.15, 0.2) is 0 Å². The zero-order valence-electron chi connectivity index (χ0n) is 75.2. The summed E-state index contributed by atoms with van der Waals surface area (Å²) >= 11 is 0. The van der Waals surface area contributed by atoms with Crippen molar-refractivity contribution < 1.29 is 52.2 Å². The molecule has 0 saturated carbocycles. The first-order valence-electron chi connectivity index (χ1n) is 38.4. The topological polar surface area (TPSA) is 109 Å². The maximum absolute atomic E-state index is 11.3. The molecule has 0 fully saturated rings. The maximum Gasteiger partial charge on any atom is 0.306 e. The molecular formula is C86H184O11. The lowest BCUT2D eigenvalue weighted by atomic mass is 9.78. The molecule has 0 spiro atoms. The van der Waals surface area contributed by atoms with Gasteiger partial charge < -0.3 is 47.4 Å². The highest BCUT2D eigenvalue weighted by molar-refractivity contribution is 5.70. The van der Waals surface area contributed by atoms with Crippen LogP contribution >= 0.6 is 0 Å². The van der Waals surface area contributed by atoms with E-state index in [0.29, 0.717) is 40.1 Å². The Morgan fingerprint density at radius 3 is 0.722 bits per heavy atom. The average Bonchev–Trinajstić information content (AvgIpc) is 0.936. The minimum absolute atomic E-state index is 0.000106. The molecule has 97 heavy (non-hydrogen) atoms. The van der Waals surface area contributed by atoms with E-state index in [1.165, 1.54) is 44.9 Å². The van der Waals surface area contributed by atoms with Crippen molar-refractivity contribution >= 4 is 5.97 Å². The van der Waals surface area contributed by atoms with E-state index in [1.54, 1.807) is 0 Å². The van der Waals surface area contributed by atoms with Crippen molar-refractivity contribution in [3.63, 3.8) is 0 Å². The molecule has 0 heterocycles.